The van der Waals surface area contributed by atoms with E-state index in [9.17, 15) is 4.39 Å². The van der Waals surface area contributed by atoms with Crippen LogP contribution in [0.5, 0.6) is 0 Å². The highest BCUT2D eigenvalue weighted by Crippen LogP contribution is 2.21. The van der Waals surface area contributed by atoms with Gasteiger partial charge >= 0.3 is 0 Å². The van der Waals surface area contributed by atoms with Gasteiger partial charge in [-0.1, -0.05) is 6.07 Å². The Morgan fingerprint density at radius 3 is 2.46 bits per heavy atom. The maximum absolute atomic E-state index is 13.3. The number of rotatable bonds is 5. The smallest absolute Gasteiger partial charge is 0.249 e. The predicted octanol–water partition coefficient (Wildman–Crippen LogP) is 3.25. The van der Waals surface area contributed by atoms with E-state index in [1.165, 1.54) is 24.0 Å². The lowest BCUT2D eigenvalue weighted by Crippen LogP contribution is -2.44. The molecule has 0 atom stereocenters. The molecule has 0 saturated carbocycles. The lowest BCUT2D eigenvalue weighted by molar-refractivity contribution is 0.313. The molecule has 1 aliphatic heterocycles. The Morgan fingerprint density at radius 2 is 1.71 bits per heavy atom. The van der Waals surface area contributed by atoms with Crippen LogP contribution in [0.2, 0.25) is 0 Å². The van der Waals surface area contributed by atoms with Gasteiger partial charge < -0.3 is 20.4 Å². The summed E-state index contributed by atoms with van der Waals surface area (Å²) in [5, 5.41) is 14.1. The first-order valence-electron chi connectivity index (χ1n) is 9.19. The molecule has 0 unspecified atom stereocenters. The van der Waals surface area contributed by atoms with Gasteiger partial charge in [-0.05, 0) is 49.5 Å². The van der Waals surface area contributed by atoms with Crippen molar-refractivity contribution >= 4 is 28.8 Å². The molecule has 4 rings (SSSR count). The van der Waals surface area contributed by atoms with Crippen LogP contribution < -0.4 is 15.5 Å². The number of aromatic nitrogens is 3. The average Bonchev–Trinajstić information content (AvgIpc) is 2.70. The predicted molar refractivity (Wildman–Crippen MR) is 109 cm³/mol. The SMILES string of the molecule is CN1CCN(c2ccc(Nc3nncc(Nc4cccc(F)c4)n3)cc2)CC1. The van der Waals surface area contributed by atoms with Crippen molar-refractivity contribution in [1.82, 2.24) is 20.1 Å². The number of benzene rings is 2. The van der Waals surface area contributed by atoms with Gasteiger partial charge in [0.2, 0.25) is 5.95 Å². The van der Waals surface area contributed by atoms with Crippen LogP contribution in [0, 0.1) is 5.82 Å². The average molecular weight is 379 g/mol. The van der Waals surface area contributed by atoms with E-state index in [1.54, 1.807) is 12.1 Å². The topological polar surface area (TPSA) is 69.2 Å². The summed E-state index contributed by atoms with van der Waals surface area (Å²) in [5.41, 5.74) is 2.68. The van der Waals surface area contributed by atoms with Crippen LogP contribution in [0.15, 0.2) is 54.7 Å². The molecule has 2 heterocycles. The van der Waals surface area contributed by atoms with Gasteiger partial charge in [-0.15, -0.1) is 5.10 Å². The van der Waals surface area contributed by atoms with E-state index in [0.29, 0.717) is 17.5 Å². The van der Waals surface area contributed by atoms with Crippen molar-refractivity contribution in [2.24, 2.45) is 0 Å². The minimum atomic E-state index is -0.314. The van der Waals surface area contributed by atoms with Crippen molar-refractivity contribution < 1.29 is 4.39 Å². The molecule has 28 heavy (non-hydrogen) atoms. The summed E-state index contributed by atoms with van der Waals surface area (Å²) in [6.07, 6.45) is 1.49. The summed E-state index contributed by atoms with van der Waals surface area (Å²) in [6, 6.07) is 14.4. The highest BCUT2D eigenvalue weighted by Gasteiger charge is 2.14. The van der Waals surface area contributed by atoms with Crippen molar-refractivity contribution in [3.8, 4) is 0 Å². The van der Waals surface area contributed by atoms with Crippen LogP contribution in [-0.4, -0.2) is 53.3 Å². The van der Waals surface area contributed by atoms with Gasteiger partial charge in [0, 0.05) is 43.2 Å². The Bertz CT molecular complexity index is 924. The molecular formula is C20H22FN7. The number of halogens is 1. The van der Waals surface area contributed by atoms with E-state index in [0.717, 1.165) is 31.9 Å². The number of likely N-dealkylation sites (N-methyl/N-ethyl adjacent to an activating group) is 1. The normalized spacial score (nSPS) is 14.7. The van der Waals surface area contributed by atoms with E-state index in [2.05, 4.69) is 54.8 Å². The molecule has 1 aliphatic rings. The summed E-state index contributed by atoms with van der Waals surface area (Å²) < 4.78 is 13.3. The largest absolute Gasteiger partial charge is 0.369 e. The van der Waals surface area contributed by atoms with Crippen molar-refractivity contribution in [1.29, 1.82) is 0 Å². The molecule has 7 nitrogen and oxygen atoms in total. The molecule has 1 fully saturated rings. The molecule has 0 amide bonds. The highest BCUT2D eigenvalue weighted by molar-refractivity contribution is 5.61. The zero-order valence-corrected chi connectivity index (χ0v) is 15.6. The third-order valence-electron chi connectivity index (χ3n) is 4.65. The molecule has 0 bridgehead atoms. The third kappa shape index (κ3) is 4.52. The van der Waals surface area contributed by atoms with Crippen molar-refractivity contribution in [2.75, 3.05) is 48.8 Å². The minimum absolute atomic E-state index is 0.314. The second-order valence-electron chi connectivity index (χ2n) is 6.76. The van der Waals surface area contributed by atoms with Gasteiger partial charge in [0.15, 0.2) is 5.82 Å². The van der Waals surface area contributed by atoms with Gasteiger partial charge in [-0.3, -0.25) is 0 Å². The standard InChI is InChI=1S/C20H22FN7/c1-27-9-11-28(12-10-27)18-7-5-16(6-8-18)24-20-25-19(14-22-26-20)23-17-4-2-3-15(21)13-17/h2-8,13-14H,9-12H2,1H3,(H2,23,24,25,26). The maximum Gasteiger partial charge on any atom is 0.249 e. The maximum atomic E-state index is 13.3. The quantitative estimate of drug-likeness (QED) is 0.705. The van der Waals surface area contributed by atoms with E-state index in [4.69, 9.17) is 0 Å². The van der Waals surface area contributed by atoms with Crippen molar-refractivity contribution in [3.05, 3.63) is 60.5 Å². The Kier molecular flexibility index (Phi) is 5.29. The monoisotopic (exact) mass is 379 g/mol. The summed E-state index contributed by atoms with van der Waals surface area (Å²) in [6.45, 7) is 4.21. The molecule has 0 radical (unpaired) electrons. The number of nitrogens with one attached hydrogen (secondary N) is 2. The first-order chi connectivity index (χ1) is 13.7. The van der Waals surface area contributed by atoms with Crippen LogP contribution in [0.25, 0.3) is 0 Å². The van der Waals surface area contributed by atoms with Crippen LogP contribution in [0.4, 0.5) is 33.2 Å². The third-order valence-corrected chi connectivity index (χ3v) is 4.65. The molecule has 144 valence electrons. The second-order valence-corrected chi connectivity index (χ2v) is 6.76. The number of hydrogen-bond acceptors (Lipinski definition) is 7. The fourth-order valence-corrected chi connectivity index (χ4v) is 3.08. The van der Waals surface area contributed by atoms with Gasteiger partial charge in [-0.25, -0.2) is 4.39 Å². The fourth-order valence-electron chi connectivity index (χ4n) is 3.08. The number of anilines is 5. The summed E-state index contributed by atoms with van der Waals surface area (Å²) in [5.74, 6) is 0.539. The molecule has 1 aromatic heterocycles. The van der Waals surface area contributed by atoms with Crippen LogP contribution in [0.1, 0.15) is 0 Å². The number of nitrogens with zero attached hydrogens (tertiary/aromatic N) is 5. The molecule has 2 N–H and O–H groups in total. The molecule has 0 aliphatic carbocycles. The Labute approximate surface area is 163 Å². The Morgan fingerprint density at radius 1 is 0.929 bits per heavy atom. The van der Waals surface area contributed by atoms with Crippen molar-refractivity contribution in [2.45, 2.75) is 0 Å². The molecule has 2 aromatic carbocycles. The lowest BCUT2D eigenvalue weighted by Gasteiger charge is -2.34. The van der Waals surface area contributed by atoms with E-state index in [1.807, 2.05) is 12.1 Å². The number of piperazine rings is 1. The summed E-state index contributed by atoms with van der Waals surface area (Å²) >= 11 is 0. The van der Waals surface area contributed by atoms with Gasteiger partial charge in [0.25, 0.3) is 0 Å². The zero-order chi connectivity index (χ0) is 19.3. The summed E-state index contributed by atoms with van der Waals surface area (Å²) in [7, 11) is 2.15. The Balaban J connectivity index is 1.41. The van der Waals surface area contributed by atoms with Crippen LogP contribution in [-0.2, 0) is 0 Å². The Hall–Kier alpha value is -3.26. The second kappa shape index (κ2) is 8.18. The molecule has 8 heteroatoms. The highest BCUT2D eigenvalue weighted by atomic mass is 19.1. The molecular weight excluding hydrogens is 357 g/mol. The van der Waals surface area contributed by atoms with E-state index >= 15 is 0 Å². The van der Waals surface area contributed by atoms with Gasteiger partial charge in [-0.2, -0.15) is 10.1 Å². The molecule has 0 spiro atoms. The van der Waals surface area contributed by atoms with Crippen LogP contribution >= 0.6 is 0 Å². The fraction of sp³-hybridized carbons (Fsp3) is 0.250. The van der Waals surface area contributed by atoms with Crippen LogP contribution in [0.3, 0.4) is 0 Å². The van der Waals surface area contributed by atoms with E-state index < -0.39 is 0 Å². The van der Waals surface area contributed by atoms with Gasteiger partial charge in [0.05, 0.1) is 6.20 Å². The minimum Gasteiger partial charge on any atom is -0.369 e. The first-order valence-corrected chi connectivity index (χ1v) is 9.19. The molecule has 1 saturated heterocycles. The van der Waals surface area contributed by atoms with Crippen molar-refractivity contribution in [3.63, 3.8) is 0 Å². The first kappa shape index (κ1) is 18.1. The summed E-state index contributed by atoms with van der Waals surface area (Å²) in [4.78, 5) is 9.09. The zero-order valence-electron chi connectivity index (χ0n) is 15.6. The number of hydrogen-bond donors (Lipinski definition) is 2. The van der Waals surface area contributed by atoms with E-state index in [-0.39, 0.29) is 5.82 Å². The molecule has 3 aromatic rings. The van der Waals surface area contributed by atoms with Gasteiger partial charge in [0.1, 0.15) is 5.82 Å². The lowest BCUT2D eigenvalue weighted by atomic mass is 10.2.